The summed E-state index contributed by atoms with van der Waals surface area (Å²) in [5.41, 5.74) is 5.93. The third kappa shape index (κ3) is 4.30. The molecule has 1 saturated carbocycles. The van der Waals surface area contributed by atoms with Gasteiger partial charge in [-0.3, -0.25) is 4.79 Å². The molecule has 0 aromatic heterocycles. The first-order chi connectivity index (χ1) is 8.08. The lowest BCUT2D eigenvalue weighted by Crippen LogP contribution is -2.49. The van der Waals surface area contributed by atoms with Crippen molar-refractivity contribution in [2.24, 2.45) is 17.6 Å². The molecule has 0 heterocycles. The Morgan fingerprint density at radius 3 is 2.35 bits per heavy atom. The van der Waals surface area contributed by atoms with Crippen LogP contribution >= 0.6 is 0 Å². The lowest BCUT2D eigenvalue weighted by molar-refractivity contribution is -0.124. The van der Waals surface area contributed by atoms with E-state index in [1.54, 1.807) is 0 Å². The molecule has 0 spiro atoms. The Morgan fingerprint density at radius 2 is 1.88 bits per heavy atom. The molecule has 0 aromatic carbocycles. The Labute approximate surface area is 106 Å². The molecule has 0 aromatic rings. The van der Waals surface area contributed by atoms with Crippen LogP contribution in [0.4, 0.5) is 0 Å². The maximum Gasteiger partial charge on any atom is 0.237 e. The van der Waals surface area contributed by atoms with Gasteiger partial charge in [-0.25, -0.2) is 0 Å². The quantitative estimate of drug-likeness (QED) is 0.775. The average Bonchev–Trinajstić information content (AvgIpc) is 2.37. The minimum atomic E-state index is -0.344. The second kappa shape index (κ2) is 7.00. The van der Waals surface area contributed by atoms with Crippen molar-refractivity contribution in [1.29, 1.82) is 0 Å². The molecule has 100 valence electrons. The normalized spacial score (nSPS) is 28.5. The Morgan fingerprint density at radius 1 is 1.29 bits per heavy atom. The van der Waals surface area contributed by atoms with Crippen LogP contribution in [0.3, 0.4) is 0 Å². The van der Waals surface area contributed by atoms with E-state index in [1.807, 2.05) is 6.92 Å². The van der Waals surface area contributed by atoms with Gasteiger partial charge in [0.25, 0.3) is 0 Å². The molecule has 1 aliphatic carbocycles. The monoisotopic (exact) mass is 240 g/mol. The maximum absolute atomic E-state index is 11.9. The number of rotatable bonds is 5. The van der Waals surface area contributed by atoms with E-state index in [2.05, 4.69) is 19.2 Å². The third-order valence-corrected chi connectivity index (χ3v) is 4.33. The van der Waals surface area contributed by atoms with Crippen molar-refractivity contribution < 1.29 is 4.79 Å². The second-order valence-corrected chi connectivity index (χ2v) is 5.55. The molecule has 1 amide bonds. The SMILES string of the molecule is CCC1CCC(NC(=O)C(N)C(C)CC)CC1. The standard InChI is InChI=1S/C14H28N2O/c1-4-10(3)13(15)14(17)16-12-8-6-11(5-2)7-9-12/h10-13H,4-9,15H2,1-3H3,(H,16,17). The van der Waals surface area contributed by atoms with Crippen LogP contribution in [0.25, 0.3) is 0 Å². The molecule has 3 N–H and O–H groups in total. The van der Waals surface area contributed by atoms with Crippen LogP contribution in [-0.4, -0.2) is 18.0 Å². The van der Waals surface area contributed by atoms with Crippen molar-refractivity contribution >= 4 is 5.91 Å². The average molecular weight is 240 g/mol. The van der Waals surface area contributed by atoms with Crippen LogP contribution in [0, 0.1) is 11.8 Å². The van der Waals surface area contributed by atoms with E-state index in [9.17, 15) is 4.79 Å². The minimum Gasteiger partial charge on any atom is -0.352 e. The van der Waals surface area contributed by atoms with Crippen molar-refractivity contribution in [2.75, 3.05) is 0 Å². The van der Waals surface area contributed by atoms with Crippen LogP contribution in [-0.2, 0) is 4.79 Å². The fourth-order valence-electron chi connectivity index (χ4n) is 2.52. The number of nitrogens with two attached hydrogens (primary N) is 1. The molecule has 0 aliphatic heterocycles. The predicted molar refractivity (Wildman–Crippen MR) is 71.6 cm³/mol. The number of carbonyl (C=O) groups is 1. The number of nitrogens with one attached hydrogen (secondary N) is 1. The predicted octanol–water partition coefficient (Wildman–Crippen LogP) is 2.44. The molecule has 3 nitrogen and oxygen atoms in total. The van der Waals surface area contributed by atoms with Gasteiger partial charge in [0.2, 0.25) is 5.91 Å². The zero-order chi connectivity index (χ0) is 12.8. The van der Waals surface area contributed by atoms with Crippen LogP contribution in [0.1, 0.15) is 59.3 Å². The molecule has 3 heteroatoms. The lowest BCUT2D eigenvalue weighted by atomic mass is 9.84. The van der Waals surface area contributed by atoms with E-state index in [0.717, 1.165) is 25.2 Å². The lowest BCUT2D eigenvalue weighted by Gasteiger charge is -2.30. The highest BCUT2D eigenvalue weighted by Crippen LogP contribution is 2.26. The summed E-state index contributed by atoms with van der Waals surface area (Å²) in [6.07, 6.45) is 6.97. The van der Waals surface area contributed by atoms with Crippen molar-refractivity contribution in [3.05, 3.63) is 0 Å². The summed E-state index contributed by atoms with van der Waals surface area (Å²) in [7, 11) is 0. The summed E-state index contributed by atoms with van der Waals surface area (Å²) in [5, 5.41) is 3.11. The van der Waals surface area contributed by atoms with Gasteiger partial charge in [-0.1, -0.05) is 33.6 Å². The Hall–Kier alpha value is -0.570. The summed E-state index contributed by atoms with van der Waals surface area (Å²) < 4.78 is 0. The molecule has 1 aliphatic rings. The molecular formula is C14H28N2O. The zero-order valence-electron chi connectivity index (χ0n) is 11.5. The van der Waals surface area contributed by atoms with Crippen LogP contribution in [0.2, 0.25) is 0 Å². The van der Waals surface area contributed by atoms with Gasteiger partial charge in [0.15, 0.2) is 0 Å². The Bertz CT molecular complexity index is 234. The fourth-order valence-corrected chi connectivity index (χ4v) is 2.52. The Kier molecular flexibility index (Phi) is 5.96. The van der Waals surface area contributed by atoms with Crippen LogP contribution in [0.5, 0.6) is 0 Å². The smallest absolute Gasteiger partial charge is 0.237 e. The van der Waals surface area contributed by atoms with E-state index < -0.39 is 0 Å². The van der Waals surface area contributed by atoms with E-state index in [0.29, 0.717) is 6.04 Å². The number of carbonyl (C=O) groups excluding carboxylic acids is 1. The highest BCUT2D eigenvalue weighted by molar-refractivity contribution is 5.82. The van der Waals surface area contributed by atoms with E-state index in [-0.39, 0.29) is 17.9 Å². The second-order valence-electron chi connectivity index (χ2n) is 5.55. The van der Waals surface area contributed by atoms with Crippen molar-refractivity contribution in [3.63, 3.8) is 0 Å². The summed E-state index contributed by atoms with van der Waals surface area (Å²) in [4.78, 5) is 11.9. The van der Waals surface area contributed by atoms with Gasteiger partial charge in [-0.05, 0) is 37.5 Å². The van der Waals surface area contributed by atoms with Crippen molar-refractivity contribution in [3.8, 4) is 0 Å². The summed E-state index contributed by atoms with van der Waals surface area (Å²) in [6, 6.07) is 0.0179. The van der Waals surface area contributed by atoms with E-state index in [1.165, 1.54) is 19.3 Å². The molecule has 1 fully saturated rings. The third-order valence-electron chi connectivity index (χ3n) is 4.33. The Balaban J connectivity index is 2.32. The molecular weight excluding hydrogens is 212 g/mol. The van der Waals surface area contributed by atoms with Crippen LogP contribution in [0.15, 0.2) is 0 Å². The molecule has 2 atom stereocenters. The number of hydrogen-bond acceptors (Lipinski definition) is 2. The van der Waals surface area contributed by atoms with Crippen LogP contribution < -0.4 is 11.1 Å². The number of amides is 1. The largest absolute Gasteiger partial charge is 0.352 e. The molecule has 0 saturated heterocycles. The summed E-state index contributed by atoms with van der Waals surface area (Å²) in [5.74, 6) is 1.17. The van der Waals surface area contributed by atoms with Gasteiger partial charge < -0.3 is 11.1 Å². The fraction of sp³-hybridized carbons (Fsp3) is 0.929. The topological polar surface area (TPSA) is 55.1 Å². The highest BCUT2D eigenvalue weighted by atomic mass is 16.2. The van der Waals surface area contributed by atoms with E-state index >= 15 is 0 Å². The maximum atomic E-state index is 11.9. The molecule has 0 radical (unpaired) electrons. The van der Waals surface area contributed by atoms with Gasteiger partial charge in [-0.2, -0.15) is 0 Å². The molecule has 0 bridgehead atoms. The zero-order valence-corrected chi connectivity index (χ0v) is 11.5. The van der Waals surface area contributed by atoms with Gasteiger partial charge in [0, 0.05) is 6.04 Å². The summed E-state index contributed by atoms with van der Waals surface area (Å²) in [6.45, 7) is 6.37. The van der Waals surface area contributed by atoms with Gasteiger partial charge in [0.05, 0.1) is 6.04 Å². The van der Waals surface area contributed by atoms with Gasteiger partial charge >= 0.3 is 0 Å². The summed E-state index contributed by atoms with van der Waals surface area (Å²) >= 11 is 0. The first-order valence-electron chi connectivity index (χ1n) is 7.14. The first-order valence-corrected chi connectivity index (χ1v) is 7.14. The highest BCUT2D eigenvalue weighted by Gasteiger charge is 2.25. The van der Waals surface area contributed by atoms with Crippen molar-refractivity contribution in [1.82, 2.24) is 5.32 Å². The van der Waals surface area contributed by atoms with Gasteiger partial charge in [0.1, 0.15) is 0 Å². The molecule has 1 rings (SSSR count). The van der Waals surface area contributed by atoms with E-state index in [4.69, 9.17) is 5.73 Å². The van der Waals surface area contributed by atoms with Gasteiger partial charge in [-0.15, -0.1) is 0 Å². The van der Waals surface area contributed by atoms with Crippen molar-refractivity contribution in [2.45, 2.75) is 71.4 Å². The molecule has 2 unspecified atom stereocenters. The first kappa shape index (κ1) is 14.5. The minimum absolute atomic E-state index is 0.0410. The molecule has 17 heavy (non-hydrogen) atoms. The number of hydrogen-bond donors (Lipinski definition) is 2.